The summed E-state index contributed by atoms with van der Waals surface area (Å²) in [5.74, 6) is 0.676. The minimum Gasteiger partial charge on any atom is -0.497 e. The molecule has 0 atom stereocenters. The van der Waals surface area contributed by atoms with Crippen molar-refractivity contribution >= 4 is 5.91 Å². The molecule has 0 saturated heterocycles. The van der Waals surface area contributed by atoms with Gasteiger partial charge in [0.25, 0.3) is 5.91 Å². The Morgan fingerprint density at radius 1 is 1.00 bits per heavy atom. The zero-order valence-corrected chi connectivity index (χ0v) is 17.6. The summed E-state index contributed by atoms with van der Waals surface area (Å²) in [7, 11) is 3.44. The van der Waals surface area contributed by atoms with Crippen LogP contribution in [0.25, 0.3) is 16.9 Å². The van der Waals surface area contributed by atoms with Gasteiger partial charge in [-0.05, 0) is 48.5 Å². The predicted molar refractivity (Wildman–Crippen MR) is 120 cm³/mol. The maximum absolute atomic E-state index is 13.4. The number of amides is 1. The van der Waals surface area contributed by atoms with Crippen molar-refractivity contribution in [2.75, 3.05) is 20.7 Å². The van der Waals surface area contributed by atoms with Crippen molar-refractivity contribution in [3.8, 4) is 22.7 Å². The monoisotopic (exact) mass is 412 g/mol. The average molecular weight is 412 g/mol. The normalized spacial score (nSPS) is 10.6. The van der Waals surface area contributed by atoms with Crippen molar-refractivity contribution in [3.05, 3.63) is 96.4 Å². The Labute approximate surface area is 181 Å². The van der Waals surface area contributed by atoms with Crippen LogP contribution in [-0.4, -0.2) is 46.3 Å². The first-order valence-electron chi connectivity index (χ1n) is 10.1. The van der Waals surface area contributed by atoms with E-state index in [-0.39, 0.29) is 5.91 Å². The van der Waals surface area contributed by atoms with Crippen LogP contribution in [0.1, 0.15) is 16.1 Å². The Morgan fingerprint density at radius 3 is 2.42 bits per heavy atom. The number of para-hydroxylation sites is 1. The molecule has 0 spiro atoms. The van der Waals surface area contributed by atoms with E-state index in [1.807, 2.05) is 79.8 Å². The number of carbonyl (C=O) groups is 1. The lowest BCUT2D eigenvalue weighted by molar-refractivity contribution is 0.0797. The maximum Gasteiger partial charge on any atom is 0.257 e. The second-order valence-corrected chi connectivity index (χ2v) is 7.20. The third-order valence-corrected chi connectivity index (χ3v) is 5.11. The first-order valence-corrected chi connectivity index (χ1v) is 10.1. The van der Waals surface area contributed by atoms with Crippen LogP contribution in [0.3, 0.4) is 0 Å². The van der Waals surface area contributed by atoms with Gasteiger partial charge in [0.2, 0.25) is 0 Å². The predicted octanol–water partition coefficient (Wildman–Crippen LogP) is 4.26. The van der Waals surface area contributed by atoms with Gasteiger partial charge < -0.3 is 9.64 Å². The molecule has 6 nitrogen and oxygen atoms in total. The molecule has 156 valence electrons. The summed E-state index contributed by atoms with van der Waals surface area (Å²) in [4.78, 5) is 19.4. The molecule has 31 heavy (non-hydrogen) atoms. The summed E-state index contributed by atoms with van der Waals surface area (Å²) < 4.78 is 7.01. The lowest BCUT2D eigenvalue weighted by Gasteiger charge is -2.17. The summed E-state index contributed by atoms with van der Waals surface area (Å²) in [6, 6.07) is 23.2. The quantitative estimate of drug-likeness (QED) is 0.455. The van der Waals surface area contributed by atoms with Gasteiger partial charge in [-0.1, -0.05) is 24.3 Å². The van der Waals surface area contributed by atoms with E-state index in [4.69, 9.17) is 9.84 Å². The van der Waals surface area contributed by atoms with Gasteiger partial charge in [-0.15, -0.1) is 0 Å². The molecule has 2 heterocycles. The molecule has 0 radical (unpaired) electrons. The van der Waals surface area contributed by atoms with Crippen molar-refractivity contribution < 1.29 is 9.53 Å². The number of hydrogen-bond acceptors (Lipinski definition) is 4. The number of aromatic nitrogens is 3. The molecule has 0 fully saturated rings. The molecule has 2 aromatic heterocycles. The highest BCUT2D eigenvalue weighted by molar-refractivity contribution is 5.99. The topological polar surface area (TPSA) is 60.3 Å². The second kappa shape index (κ2) is 9.26. The van der Waals surface area contributed by atoms with E-state index in [1.165, 1.54) is 0 Å². The fourth-order valence-corrected chi connectivity index (χ4v) is 3.34. The summed E-state index contributed by atoms with van der Waals surface area (Å²) in [6.45, 7) is 0.564. The molecule has 0 bridgehead atoms. The van der Waals surface area contributed by atoms with Crippen molar-refractivity contribution in [2.45, 2.75) is 6.42 Å². The molecular formula is C25H24N4O2. The fourth-order valence-electron chi connectivity index (χ4n) is 3.34. The number of carbonyl (C=O) groups excluding carboxylic acids is 1. The van der Waals surface area contributed by atoms with Crippen molar-refractivity contribution in [2.24, 2.45) is 0 Å². The van der Waals surface area contributed by atoms with Crippen LogP contribution >= 0.6 is 0 Å². The summed E-state index contributed by atoms with van der Waals surface area (Å²) in [6.07, 6.45) is 4.26. The van der Waals surface area contributed by atoms with E-state index < -0.39 is 0 Å². The van der Waals surface area contributed by atoms with Crippen LogP contribution in [0.2, 0.25) is 0 Å². The lowest BCUT2D eigenvalue weighted by Crippen LogP contribution is -2.29. The Morgan fingerprint density at radius 2 is 1.74 bits per heavy atom. The SMILES string of the molecule is COc1ccc(-c2nn(-c3ccccc3)cc2C(=O)N(C)CCc2ccccn2)cc1. The summed E-state index contributed by atoms with van der Waals surface area (Å²) in [5.41, 5.74) is 3.90. The van der Waals surface area contributed by atoms with Crippen molar-refractivity contribution in [1.82, 2.24) is 19.7 Å². The first kappa shape index (κ1) is 20.3. The molecule has 0 aliphatic rings. The molecule has 0 aliphatic carbocycles. The minimum absolute atomic E-state index is 0.0797. The smallest absolute Gasteiger partial charge is 0.257 e. The highest BCUT2D eigenvalue weighted by Gasteiger charge is 2.21. The zero-order valence-electron chi connectivity index (χ0n) is 17.6. The molecule has 0 N–H and O–H groups in total. The van der Waals surface area contributed by atoms with Crippen LogP contribution in [0.4, 0.5) is 0 Å². The van der Waals surface area contributed by atoms with E-state index in [9.17, 15) is 4.79 Å². The highest BCUT2D eigenvalue weighted by Crippen LogP contribution is 2.26. The number of nitrogens with zero attached hydrogens (tertiary/aromatic N) is 4. The number of methoxy groups -OCH3 is 1. The van der Waals surface area contributed by atoms with Gasteiger partial charge in [-0.2, -0.15) is 5.10 Å². The Kier molecular flexibility index (Phi) is 6.08. The zero-order chi connectivity index (χ0) is 21.6. The average Bonchev–Trinajstić information content (AvgIpc) is 3.29. The lowest BCUT2D eigenvalue weighted by atomic mass is 10.1. The Hall–Kier alpha value is -3.93. The Bertz CT molecular complexity index is 1140. The molecule has 4 rings (SSSR count). The fraction of sp³-hybridized carbons (Fsp3) is 0.160. The molecule has 0 aliphatic heterocycles. The summed E-state index contributed by atoms with van der Waals surface area (Å²) >= 11 is 0. The van der Waals surface area contributed by atoms with Gasteiger partial charge in [0.1, 0.15) is 11.4 Å². The minimum atomic E-state index is -0.0797. The molecule has 0 saturated carbocycles. The van der Waals surface area contributed by atoms with Crippen molar-refractivity contribution in [1.29, 1.82) is 0 Å². The van der Waals surface area contributed by atoms with E-state index >= 15 is 0 Å². The first-order chi connectivity index (χ1) is 15.2. The number of pyridine rings is 1. The van der Waals surface area contributed by atoms with Gasteiger partial charge in [-0.25, -0.2) is 4.68 Å². The van der Waals surface area contributed by atoms with Gasteiger partial charge in [0.15, 0.2) is 0 Å². The molecular weight excluding hydrogens is 388 g/mol. The van der Waals surface area contributed by atoms with Crippen LogP contribution in [-0.2, 0) is 6.42 Å². The molecule has 4 aromatic rings. The number of rotatable bonds is 7. The van der Waals surface area contributed by atoms with Crippen LogP contribution in [0.15, 0.2) is 85.2 Å². The van der Waals surface area contributed by atoms with Gasteiger partial charge in [0.05, 0.1) is 18.4 Å². The second-order valence-electron chi connectivity index (χ2n) is 7.20. The van der Waals surface area contributed by atoms with Crippen LogP contribution < -0.4 is 4.74 Å². The molecule has 1 amide bonds. The number of benzene rings is 2. The number of ether oxygens (including phenoxy) is 1. The number of hydrogen-bond donors (Lipinski definition) is 0. The van der Waals surface area contributed by atoms with Crippen LogP contribution in [0, 0.1) is 0 Å². The van der Waals surface area contributed by atoms with Gasteiger partial charge >= 0.3 is 0 Å². The third kappa shape index (κ3) is 4.64. The number of likely N-dealkylation sites (N-methyl/N-ethyl adjacent to an activating group) is 1. The molecule has 2 aromatic carbocycles. The van der Waals surface area contributed by atoms with Crippen molar-refractivity contribution in [3.63, 3.8) is 0 Å². The van der Waals surface area contributed by atoms with E-state index in [0.717, 1.165) is 22.7 Å². The van der Waals surface area contributed by atoms with Gasteiger partial charge in [-0.3, -0.25) is 9.78 Å². The highest BCUT2D eigenvalue weighted by atomic mass is 16.5. The third-order valence-electron chi connectivity index (χ3n) is 5.11. The van der Waals surface area contributed by atoms with Crippen LogP contribution in [0.5, 0.6) is 5.75 Å². The Balaban J connectivity index is 1.65. The largest absolute Gasteiger partial charge is 0.497 e. The van der Waals surface area contributed by atoms with E-state index in [1.54, 1.807) is 29.1 Å². The van der Waals surface area contributed by atoms with Gasteiger partial charge in [0, 0.05) is 43.7 Å². The molecule has 6 heteroatoms. The standard InChI is InChI=1S/C25H24N4O2/c1-28(17-15-20-8-6-7-16-26-20)25(30)23-18-29(21-9-4-3-5-10-21)27-24(23)19-11-13-22(31-2)14-12-19/h3-14,16,18H,15,17H2,1-2H3. The summed E-state index contributed by atoms with van der Waals surface area (Å²) in [5, 5.41) is 4.74. The maximum atomic E-state index is 13.4. The molecule has 0 unspecified atom stereocenters. The van der Waals surface area contributed by atoms with E-state index in [0.29, 0.717) is 24.2 Å². The van der Waals surface area contributed by atoms with E-state index in [2.05, 4.69) is 4.98 Å².